The van der Waals surface area contributed by atoms with Crippen molar-refractivity contribution in [2.75, 3.05) is 14.2 Å². The van der Waals surface area contributed by atoms with Gasteiger partial charge in [0, 0.05) is 6.04 Å². The molecule has 3 unspecified atom stereocenters. The van der Waals surface area contributed by atoms with Crippen molar-refractivity contribution in [1.82, 2.24) is 5.32 Å². The van der Waals surface area contributed by atoms with Crippen LogP contribution in [0.5, 0.6) is 11.5 Å². The predicted octanol–water partition coefficient (Wildman–Crippen LogP) is 3.88. The van der Waals surface area contributed by atoms with E-state index in [1.165, 1.54) is 12.8 Å². The Hall–Kier alpha value is -1.22. The zero-order valence-corrected chi connectivity index (χ0v) is 14.0. The van der Waals surface area contributed by atoms with Gasteiger partial charge < -0.3 is 14.8 Å². The number of hydrogen-bond donors (Lipinski definition) is 1. The molecule has 0 saturated heterocycles. The van der Waals surface area contributed by atoms with Crippen LogP contribution in [0.1, 0.15) is 40.0 Å². The van der Waals surface area contributed by atoms with E-state index in [1.807, 2.05) is 31.3 Å². The highest BCUT2D eigenvalue weighted by Gasteiger charge is 2.36. The summed E-state index contributed by atoms with van der Waals surface area (Å²) in [4.78, 5) is 0. The smallest absolute Gasteiger partial charge is 0.120 e. The summed E-state index contributed by atoms with van der Waals surface area (Å²) in [6.45, 7) is 7.01. The maximum atomic E-state index is 6.27. The molecule has 0 heterocycles. The molecule has 1 aromatic rings. The molecule has 118 valence electrons. The summed E-state index contributed by atoms with van der Waals surface area (Å²) in [5.41, 5.74) is 0.347. The molecule has 0 amide bonds. The molecule has 3 nitrogen and oxygen atoms in total. The van der Waals surface area contributed by atoms with Crippen LogP contribution in [0.2, 0.25) is 0 Å². The molecule has 3 heteroatoms. The van der Waals surface area contributed by atoms with Crippen LogP contribution in [0.25, 0.3) is 0 Å². The van der Waals surface area contributed by atoms with Gasteiger partial charge in [0.2, 0.25) is 0 Å². The third-order valence-electron chi connectivity index (χ3n) is 4.73. The average molecular weight is 291 g/mol. The topological polar surface area (TPSA) is 30.5 Å². The lowest BCUT2D eigenvalue weighted by Crippen LogP contribution is -2.47. The number of rotatable bonds is 4. The highest BCUT2D eigenvalue weighted by atomic mass is 16.5. The second kappa shape index (κ2) is 6.69. The Morgan fingerprint density at radius 1 is 1.05 bits per heavy atom. The van der Waals surface area contributed by atoms with E-state index in [0.717, 1.165) is 17.9 Å². The SMILES string of the molecule is CNC1CCC(C(C)(C)C)CC1Oc1ccc(OC)cc1. The van der Waals surface area contributed by atoms with E-state index in [9.17, 15) is 0 Å². The van der Waals surface area contributed by atoms with Crippen molar-refractivity contribution in [3.63, 3.8) is 0 Å². The summed E-state index contributed by atoms with van der Waals surface area (Å²) in [5.74, 6) is 2.50. The Morgan fingerprint density at radius 2 is 1.67 bits per heavy atom. The molecule has 1 N–H and O–H groups in total. The van der Waals surface area contributed by atoms with Gasteiger partial charge in [-0.05, 0) is 61.9 Å². The first kappa shape index (κ1) is 16.2. The van der Waals surface area contributed by atoms with Crippen molar-refractivity contribution in [3.05, 3.63) is 24.3 Å². The Kier molecular flexibility index (Phi) is 5.15. The van der Waals surface area contributed by atoms with E-state index >= 15 is 0 Å². The molecule has 3 atom stereocenters. The van der Waals surface area contributed by atoms with E-state index in [0.29, 0.717) is 17.4 Å². The van der Waals surface area contributed by atoms with Crippen LogP contribution in [0.4, 0.5) is 0 Å². The third kappa shape index (κ3) is 4.13. The standard InChI is InChI=1S/C18H29NO2/c1-18(2,3)13-6-11-16(19-4)17(12-13)21-15-9-7-14(20-5)8-10-15/h7-10,13,16-17,19H,6,11-12H2,1-5H3. The summed E-state index contributed by atoms with van der Waals surface area (Å²) in [7, 11) is 3.72. The van der Waals surface area contributed by atoms with Crippen molar-refractivity contribution in [3.8, 4) is 11.5 Å². The number of nitrogens with one attached hydrogen (secondary N) is 1. The van der Waals surface area contributed by atoms with E-state index in [4.69, 9.17) is 9.47 Å². The Morgan fingerprint density at radius 3 is 2.19 bits per heavy atom. The Labute approximate surface area is 129 Å². The van der Waals surface area contributed by atoms with Crippen LogP contribution in [0, 0.1) is 11.3 Å². The van der Waals surface area contributed by atoms with Gasteiger partial charge >= 0.3 is 0 Å². The molecule has 1 saturated carbocycles. The maximum Gasteiger partial charge on any atom is 0.120 e. The van der Waals surface area contributed by atoms with Gasteiger partial charge in [-0.2, -0.15) is 0 Å². The number of ether oxygens (including phenoxy) is 2. The van der Waals surface area contributed by atoms with Crippen LogP contribution in [0.3, 0.4) is 0 Å². The summed E-state index contributed by atoms with van der Waals surface area (Å²) < 4.78 is 11.5. The van der Waals surface area contributed by atoms with Gasteiger partial charge in [0.25, 0.3) is 0 Å². The van der Waals surface area contributed by atoms with E-state index in [2.05, 4.69) is 26.1 Å². The molecule has 1 aliphatic carbocycles. The van der Waals surface area contributed by atoms with E-state index in [1.54, 1.807) is 7.11 Å². The summed E-state index contributed by atoms with van der Waals surface area (Å²) in [6, 6.07) is 8.32. The van der Waals surface area contributed by atoms with Gasteiger partial charge in [-0.15, -0.1) is 0 Å². The first-order valence-corrected chi connectivity index (χ1v) is 7.92. The molecule has 0 bridgehead atoms. The molecular formula is C18H29NO2. The second-order valence-electron chi connectivity index (χ2n) is 7.10. The molecule has 0 aromatic heterocycles. The minimum atomic E-state index is 0.237. The normalized spacial score (nSPS) is 26.4. The third-order valence-corrected chi connectivity index (χ3v) is 4.73. The van der Waals surface area contributed by atoms with Gasteiger partial charge in [0.15, 0.2) is 0 Å². The fraction of sp³-hybridized carbons (Fsp3) is 0.667. The van der Waals surface area contributed by atoms with Crippen LogP contribution in [0.15, 0.2) is 24.3 Å². The second-order valence-corrected chi connectivity index (χ2v) is 7.10. The first-order valence-electron chi connectivity index (χ1n) is 7.92. The van der Waals surface area contributed by atoms with Crippen molar-refractivity contribution in [2.24, 2.45) is 11.3 Å². The van der Waals surface area contributed by atoms with Crippen molar-refractivity contribution < 1.29 is 9.47 Å². The van der Waals surface area contributed by atoms with Crippen molar-refractivity contribution in [1.29, 1.82) is 0 Å². The number of hydrogen-bond acceptors (Lipinski definition) is 3. The lowest BCUT2D eigenvalue weighted by atomic mass is 9.70. The molecule has 21 heavy (non-hydrogen) atoms. The first-order chi connectivity index (χ1) is 9.94. The summed E-state index contributed by atoms with van der Waals surface area (Å²) in [5, 5.41) is 3.42. The Bertz CT molecular complexity index is 436. The molecular weight excluding hydrogens is 262 g/mol. The molecule has 0 aliphatic heterocycles. The minimum Gasteiger partial charge on any atom is -0.497 e. The number of likely N-dealkylation sites (N-methyl/N-ethyl adjacent to an activating group) is 1. The molecule has 1 aliphatic rings. The summed E-state index contributed by atoms with van der Waals surface area (Å²) in [6.07, 6.45) is 3.80. The Balaban J connectivity index is 2.06. The fourth-order valence-electron chi connectivity index (χ4n) is 3.21. The van der Waals surface area contributed by atoms with Crippen LogP contribution < -0.4 is 14.8 Å². The lowest BCUT2D eigenvalue weighted by molar-refractivity contribution is 0.0496. The number of methoxy groups -OCH3 is 1. The molecule has 0 radical (unpaired) electrons. The maximum absolute atomic E-state index is 6.27. The fourth-order valence-corrected chi connectivity index (χ4v) is 3.21. The molecule has 2 rings (SSSR count). The van der Waals surface area contributed by atoms with Crippen LogP contribution >= 0.6 is 0 Å². The molecule has 0 spiro atoms. The summed E-state index contributed by atoms with van der Waals surface area (Å²) >= 11 is 0. The van der Waals surface area contributed by atoms with Crippen molar-refractivity contribution >= 4 is 0 Å². The molecule has 1 fully saturated rings. The van der Waals surface area contributed by atoms with E-state index in [-0.39, 0.29) is 6.10 Å². The van der Waals surface area contributed by atoms with E-state index < -0.39 is 0 Å². The van der Waals surface area contributed by atoms with Gasteiger partial charge in [0.1, 0.15) is 17.6 Å². The minimum absolute atomic E-state index is 0.237. The van der Waals surface area contributed by atoms with Gasteiger partial charge in [-0.3, -0.25) is 0 Å². The number of benzene rings is 1. The highest BCUT2D eigenvalue weighted by Crippen LogP contribution is 2.39. The highest BCUT2D eigenvalue weighted by molar-refractivity contribution is 5.31. The average Bonchev–Trinajstić information content (AvgIpc) is 2.47. The van der Waals surface area contributed by atoms with Gasteiger partial charge in [0.05, 0.1) is 7.11 Å². The molecule has 1 aromatic carbocycles. The van der Waals surface area contributed by atoms with Crippen LogP contribution in [-0.2, 0) is 0 Å². The largest absolute Gasteiger partial charge is 0.497 e. The zero-order chi connectivity index (χ0) is 15.5. The van der Waals surface area contributed by atoms with Crippen molar-refractivity contribution in [2.45, 2.75) is 52.2 Å². The lowest BCUT2D eigenvalue weighted by Gasteiger charge is -2.41. The van der Waals surface area contributed by atoms with Gasteiger partial charge in [-0.25, -0.2) is 0 Å². The van der Waals surface area contributed by atoms with Crippen LogP contribution in [-0.4, -0.2) is 26.3 Å². The van der Waals surface area contributed by atoms with Gasteiger partial charge in [-0.1, -0.05) is 20.8 Å². The predicted molar refractivity (Wildman–Crippen MR) is 87.1 cm³/mol. The zero-order valence-electron chi connectivity index (χ0n) is 14.0. The quantitative estimate of drug-likeness (QED) is 0.913. The monoisotopic (exact) mass is 291 g/mol.